The van der Waals surface area contributed by atoms with Crippen LogP contribution in [-0.2, 0) is 4.79 Å². The van der Waals surface area contributed by atoms with Crippen molar-refractivity contribution in [1.82, 2.24) is 10.2 Å². The van der Waals surface area contributed by atoms with Gasteiger partial charge < -0.3 is 10.2 Å². The third-order valence-electron chi connectivity index (χ3n) is 3.29. The highest BCUT2D eigenvalue weighted by atomic mass is 16.1. The molecule has 0 rings (SSSR count). The van der Waals surface area contributed by atoms with E-state index in [4.69, 9.17) is 0 Å². The molecule has 0 fully saturated rings. The van der Waals surface area contributed by atoms with Crippen LogP contribution in [-0.4, -0.2) is 17.4 Å². The summed E-state index contributed by atoms with van der Waals surface area (Å²) in [6, 6.07) is 0. The van der Waals surface area contributed by atoms with E-state index < -0.39 is 0 Å². The number of carbonyl (C=O) groups excluding carboxylic acids is 1. The highest BCUT2D eigenvalue weighted by molar-refractivity contribution is 5.96. The zero-order chi connectivity index (χ0) is 17.0. The van der Waals surface area contributed by atoms with E-state index in [1.807, 2.05) is 43.3 Å². The summed E-state index contributed by atoms with van der Waals surface area (Å²) >= 11 is 0. The van der Waals surface area contributed by atoms with Crippen LogP contribution in [0, 0.1) is 5.92 Å². The van der Waals surface area contributed by atoms with E-state index >= 15 is 0 Å². The Morgan fingerprint density at radius 3 is 2.50 bits per heavy atom. The number of allylic oxidation sites excluding steroid dienone is 3. The van der Waals surface area contributed by atoms with Gasteiger partial charge >= 0.3 is 0 Å². The van der Waals surface area contributed by atoms with E-state index in [0.717, 1.165) is 25.0 Å². The number of nitrogens with one attached hydrogen (secondary N) is 1. The SMILES string of the molecule is C=C(C)N(/C=C\C(C)CC)/C=C(\C=C\CCC)C(=O)NCC. The summed E-state index contributed by atoms with van der Waals surface area (Å²) in [5, 5.41) is 2.85. The Balaban J connectivity index is 5.33. The van der Waals surface area contributed by atoms with Crippen LogP contribution in [0.15, 0.2) is 48.5 Å². The molecule has 1 unspecified atom stereocenters. The standard InChI is InChI=1S/C19H32N2O/c1-7-10-11-12-18(19(22)20-9-3)15-21(16(4)5)14-13-17(6)8-2/h11-15,17H,4,7-10H2,1-3,5-6H3,(H,20,22)/b12-11+,14-13-,18-15+. The molecule has 0 radical (unpaired) electrons. The van der Waals surface area contributed by atoms with Crippen molar-refractivity contribution in [3.05, 3.63) is 48.5 Å². The van der Waals surface area contributed by atoms with Crippen LogP contribution >= 0.6 is 0 Å². The first-order valence-electron chi connectivity index (χ1n) is 8.24. The summed E-state index contributed by atoms with van der Waals surface area (Å²) in [4.78, 5) is 14.1. The van der Waals surface area contributed by atoms with Gasteiger partial charge in [0.15, 0.2) is 0 Å². The molecule has 0 aliphatic rings. The molecule has 0 aliphatic heterocycles. The molecular weight excluding hydrogens is 272 g/mol. The Morgan fingerprint density at radius 2 is 2.00 bits per heavy atom. The van der Waals surface area contributed by atoms with E-state index in [0.29, 0.717) is 18.0 Å². The van der Waals surface area contributed by atoms with E-state index in [9.17, 15) is 4.79 Å². The van der Waals surface area contributed by atoms with Crippen LogP contribution < -0.4 is 5.32 Å². The Bertz CT molecular complexity index is 433. The first kappa shape index (κ1) is 20.2. The highest BCUT2D eigenvalue weighted by Crippen LogP contribution is 2.11. The highest BCUT2D eigenvalue weighted by Gasteiger charge is 2.07. The Labute approximate surface area is 136 Å². The van der Waals surface area contributed by atoms with Crippen LogP contribution in [0.4, 0.5) is 0 Å². The van der Waals surface area contributed by atoms with Crippen molar-refractivity contribution in [3.8, 4) is 0 Å². The van der Waals surface area contributed by atoms with Gasteiger partial charge in [0.1, 0.15) is 0 Å². The molecule has 22 heavy (non-hydrogen) atoms. The van der Waals surface area contributed by atoms with Gasteiger partial charge in [-0.2, -0.15) is 0 Å². The molecule has 3 nitrogen and oxygen atoms in total. The first-order valence-corrected chi connectivity index (χ1v) is 8.24. The van der Waals surface area contributed by atoms with Crippen molar-refractivity contribution in [2.24, 2.45) is 5.92 Å². The minimum absolute atomic E-state index is 0.0574. The smallest absolute Gasteiger partial charge is 0.252 e. The van der Waals surface area contributed by atoms with Gasteiger partial charge in [0.25, 0.3) is 5.91 Å². The zero-order valence-electron chi connectivity index (χ0n) is 14.9. The summed E-state index contributed by atoms with van der Waals surface area (Å²) in [7, 11) is 0. The van der Waals surface area contributed by atoms with E-state index in [-0.39, 0.29) is 5.91 Å². The monoisotopic (exact) mass is 304 g/mol. The van der Waals surface area contributed by atoms with Crippen LogP contribution in [0.2, 0.25) is 0 Å². The molecule has 0 saturated carbocycles. The number of nitrogens with zero attached hydrogens (tertiary/aromatic N) is 1. The van der Waals surface area contributed by atoms with Crippen molar-refractivity contribution in [3.63, 3.8) is 0 Å². The molecule has 1 atom stereocenters. The minimum atomic E-state index is -0.0574. The number of amides is 1. The molecule has 3 heteroatoms. The van der Waals surface area contributed by atoms with Crippen molar-refractivity contribution < 1.29 is 4.79 Å². The maximum Gasteiger partial charge on any atom is 0.252 e. The molecule has 0 aromatic rings. The van der Waals surface area contributed by atoms with Gasteiger partial charge in [-0.15, -0.1) is 0 Å². The van der Waals surface area contributed by atoms with Crippen molar-refractivity contribution in [2.75, 3.05) is 6.54 Å². The van der Waals surface area contributed by atoms with Gasteiger partial charge in [0.05, 0.1) is 5.57 Å². The molecular formula is C19H32N2O. The predicted molar refractivity (Wildman–Crippen MR) is 96.1 cm³/mol. The topological polar surface area (TPSA) is 32.3 Å². The molecule has 1 amide bonds. The maximum atomic E-state index is 12.2. The van der Waals surface area contributed by atoms with Crippen LogP contribution in [0.1, 0.15) is 53.9 Å². The fraction of sp³-hybridized carbons (Fsp3) is 0.526. The van der Waals surface area contributed by atoms with Gasteiger partial charge in [-0.05, 0) is 26.2 Å². The lowest BCUT2D eigenvalue weighted by Crippen LogP contribution is -2.25. The van der Waals surface area contributed by atoms with Crippen molar-refractivity contribution in [2.45, 2.75) is 53.9 Å². The van der Waals surface area contributed by atoms with Crippen molar-refractivity contribution >= 4 is 5.91 Å². The molecule has 0 heterocycles. The second-order valence-corrected chi connectivity index (χ2v) is 5.50. The lowest BCUT2D eigenvalue weighted by molar-refractivity contribution is -0.117. The van der Waals surface area contributed by atoms with Crippen LogP contribution in [0.25, 0.3) is 0 Å². The molecule has 0 aliphatic carbocycles. The first-order chi connectivity index (χ1) is 10.5. The molecule has 1 N–H and O–H groups in total. The fourth-order valence-electron chi connectivity index (χ4n) is 1.62. The largest absolute Gasteiger partial charge is 0.352 e. The number of hydrogen-bond acceptors (Lipinski definition) is 2. The normalized spacial score (nSPS) is 13.6. The fourth-order valence-corrected chi connectivity index (χ4v) is 1.62. The Hall–Kier alpha value is -1.77. The van der Waals surface area contributed by atoms with Crippen molar-refractivity contribution in [1.29, 1.82) is 0 Å². The quantitative estimate of drug-likeness (QED) is 0.466. The van der Waals surface area contributed by atoms with Gasteiger partial charge in [-0.3, -0.25) is 4.79 Å². The molecule has 0 bridgehead atoms. The zero-order valence-corrected chi connectivity index (χ0v) is 14.9. The molecule has 0 aromatic carbocycles. The van der Waals surface area contributed by atoms with Crippen LogP contribution in [0.3, 0.4) is 0 Å². The van der Waals surface area contributed by atoms with E-state index in [1.165, 1.54) is 0 Å². The third kappa shape index (κ3) is 8.50. The van der Waals surface area contributed by atoms with Gasteiger partial charge in [-0.25, -0.2) is 0 Å². The summed E-state index contributed by atoms with van der Waals surface area (Å²) in [6.45, 7) is 14.9. The average molecular weight is 304 g/mol. The lowest BCUT2D eigenvalue weighted by Gasteiger charge is -2.17. The molecule has 0 spiro atoms. The Kier molecular flexibility index (Phi) is 10.9. The lowest BCUT2D eigenvalue weighted by atomic mass is 10.1. The second kappa shape index (κ2) is 11.8. The third-order valence-corrected chi connectivity index (χ3v) is 3.29. The second-order valence-electron chi connectivity index (χ2n) is 5.50. The average Bonchev–Trinajstić information content (AvgIpc) is 2.49. The number of rotatable bonds is 10. The maximum absolute atomic E-state index is 12.2. The molecule has 0 aromatic heterocycles. The predicted octanol–water partition coefficient (Wildman–Crippen LogP) is 4.76. The summed E-state index contributed by atoms with van der Waals surface area (Å²) in [5.74, 6) is 0.442. The summed E-state index contributed by atoms with van der Waals surface area (Å²) < 4.78 is 0. The van der Waals surface area contributed by atoms with E-state index in [2.05, 4.69) is 38.7 Å². The van der Waals surface area contributed by atoms with Gasteiger partial charge in [-0.1, -0.05) is 58.4 Å². The molecule has 124 valence electrons. The van der Waals surface area contributed by atoms with Gasteiger partial charge in [0, 0.05) is 24.6 Å². The number of carbonyl (C=O) groups is 1. The van der Waals surface area contributed by atoms with Gasteiger partial charge in [0.2, 0.25) is 0 Å². The van der Waals surface area contributed by atoms with Crippen LogP contribution in [0.5, 0.6) is 0 Å². The molecule has 0 saturated heterocycles. The minimum Gasteiger partial charge on any atom is -0.352 e. The number of hydrogen-bond donors (Lipinski definition) is 1. The summed E-state index contributed by atoms with van der Waals surface area (Å²) in [6.07, 6.45) is 13.0. The number of likely N-dealkylation sites (N-methyl/N-ethyl adjacent to an activating group) is 1. The Morgan fingerprint density at radius 1 is 1.32 bits per heavy atom. The number of unbranched alkanes of at least 4 members (excludes halogenated alkanes) is 1. The summed E-state index contributed by atoms with van der Waals surface area (Å²) in [5.41, 5.74) is 1.53. The van der Waals surface area contributed by atoms with E-state index in [1.54, 1.807) is 0 Å².